The van der Waals surface area contributed by atoms with Crippen molar-refractivity contribution in [3.05, 3.63) is 35.4 Å². The summed E-state index contributed by atoms with van der Waals surface area (Å²) < 4.78 is 26.3. The summed E-state index contributed by atoms with van der Waals surface area (Å²) in [5.41, 5.74) is -0.640. The van der Waals surface area contributed by atoms with E-state index >= 15 is 0 Å². The van der Waals surface area contributed by atoms with Crippen molar-refractivity contribution in [3.8, 4) is 0 Å². The monoisotopic (exact) mass is 283 g/mol. The molecular formula is C15H19F2NO2. The molecule has 1 aromatic carbocycles. The highest BCUT2D eigenvalue weighted by Gasteiger charge is 2.33. The Morgan fingerprint density at radius 1 is 1.30 bits per heavy atom. The van der Waals surface area contributed by atoms with E-state index in [1.54, 1.807) is 0 Å². The lowest BCUT2D eigenvalue weighted by Gasteiger charge is -2.21. The average molecular weight is 283 g/mol. The van der Waals surface area contributed by atoms with E-state index in [0.717, 1.165) is 31.0 Å². The van der Waals surface area contributed by atoms with Crippen molar-refractivity contribution in [2.75, 3.05) is 6.54 Å². The van der Waals surface area contributed by atoms with Crippen LogP contribution in [0.2, 0.25) is 0 Å². The molecule has 0 aliphatic heterocycles. The predicted molar refractivity (Wildman–Crippen MR) is 71.1 cm³/mol. The molecule has 0 atom stereocenters. The van der Waals surface area contributed by atoms with Crippen LogP contribution in [0, 0.1) is 11.6 Å². The second-order valence-corrected chi connectivity index (χ2v) is 5.44. The molecule has 0 bridgehead atoms. The predicted octanol–water partition coefficient (Wildman–Crippen LogP) is 2.32. The van der Waals surface area contributed by atoms with Crippen molar-refractivity contribution in [2.24, 2.45) is 0 Å². The van der Waals surface area contributed by atoms with Crippen LogP contribution < -0.4 is 5.32 Å². The van der Waals surface area contributed by atoms with Crippen LogP contribution in [0.25, 0.3) is 0 Å². The number of aliphatic hydroxyl groups is 1. The molecule has 2 N–H and O–H groups in total. The van der Waals surface area contributed by atoms with E-state index in [0.29, 0.717) is 12.8 Å². The number of hydrogen-bond donors (Lipinski definition) is 2. The lowest BCUT2D eigenvalue weighted by Crippen LogP contribution is -2.35. The molecule has 2 rings (SSSR count). The van der Waals surface area contributed by atoms with E-state index in [9.17, 15) is 18.7 Å². The molecule has 1 amide bonds. The SMILES string of the molecule is O=C(CC1(O)CCCC1)NCCc1cc(F)ccc1F. The zero-order valence-corrected chi connectivity index (χ0v) is 11.3. The summed E-state index contributed by atoms with van der Waals surface area (Å²) in [4.78, 5) is 11.7. The van der Waals surface area contributed by atoms with Gasteiger partial charge >= 0.3 is 0 Å². The van der Waals surface area contributed by atoms with E-state index in [1.807, 2.05) is 0 Å². The van der Waals surface area contributed by atoms with Crippen LogP contribution in [0.5, 0.6) is 0 Å². The second-order valence-electron chi connectivity index (χ2n) is 5.44. The number of carbonyl (C=O) groups excluding carboxylic acids is 1. The van der Waals surface area contributed by atoms with Crippen molar-refractivity contribution in [1.29, 1.82) is 0 Å². The first kappa shape index (κ1) is 14.9. The van der Waals surface area contributed by atoms with Gasteiger partial charge in [0.1, 0.15) is 11.6 Å². The largest absolute Gasteiger partial charge is 0.389 e. The maximum absolute atomic E-state index is 13.4. The van der Waals surface area contributed by atoms with E-state index in [-0.39, 0.29) is 30.9 Å². The smallest absolute Gasteiger partial charge is 0.222 e. The Kier molecular flexibility index (Phi) is 4.70. The molecule has 1 fully saturated rings. The van der Waals surface area contributed by atoms with Crippen LogP contribution in [0.1, 0.15) is 37.7 Å². The molecule has 3 nitrogen and oxygen atoms in total. The molecule has 0 spiro atoms. The van der Waals surface area contributed by atoms with Gasteiger partial charge in [0.05, 0.1) is 12.0 Å². The zero-order valence-electron chi connectivity index (χ0n) is 11.3. The minimum Gasteiger partial charge on any atom is -0.389 e. The van der Waals surface area contributed by atoms with Gasteiger partial charge in [0, 0.05) is 6.54 Å². The van der Waals surface area contributed by atoms with Crippen molar-refractivity contribution in [3.63, 3.8) is 0 Å². The normalized spacial score (nSPS) is 17.1. The molecule has 1 aliphatic carbocycles. The molecule has 0 unspecified atom stereocenters. The number of carbonyl (C=O) groups is 1. The van der Waals surface area contributed by atoms with E-state index in [4.69, 9.17) is 0 Å². The molecular weight excluding hydrogens is 264 g/mol. The quantitative estimate of drug-likeness (QED) is 0.871. The van der Waals surface area contributed by atoms with Gasteiger partial charge in [0.15, 0.2) is 0 Å². The van der Waals surface area contributed by atoms with E-state index in [1.165, 1.54) is 0 Å². The van der Waals surface area contributed by atoms with Crippen LogP contribution in [0.15, 0.2) is 18.2 Å². The highest BCUT2D eigenvalue weighted by Crippen LogP contribution is 2.32. The summed E-state index contributed by atoms with van der Waals surface area (Å²) in [6.45, 7) is 0.231. The van der Waals surface area contributed by atoms with Crippen LogP contribution in [0.3, 0.4) is 0 Å². The molecule has 5 heteroatoms. The van der Waals surface area contributed by atoms with Gasteiger partial charge in [-0.25, -0.2) is 8.78 Å². The van der Waals surface area contributed by atoms with Crippen LogP contribution in [-0.2, 0) is 11.2 Å². The van der Waals surface area contributed by atoms with Crippen LogP contribution >= 0.6 is 0 Å². The van der Waals surface area contributed by atoms with Gasteiger partial charge in [0.2, 0.25) is 5.91 Å². The maximum Gasteiger partial charge on any atom is 0.222 e. The first-order valence-electron chi connectivity index (χ1n) is 6.92. The molecule has 0 aromatic heterocycles. The molecule has 20 heavy (non-hydrogen) atoms. The van der Waals surface area contributed by atoms with Gasteiger partial charge in [0.25, 0.3) is 0 Å². The summed E-state index contributed by atoms with van der Waals surface area (Å²) in [7, 11) is 0. The molecule has 0 saturated heterocycles. The van der Waals surface area contributed by atoms with E-state index < -0.39 is 17.2 Å². The summed E-state index contributed by atoms with van der Waals surface area (Å²) in [6, 6.07) is 3.27. The second kappa shape index (κ2) is 6.31. The van der Waals surface area contributed by atoms with Gasteiger partial charge in [-0.2, -0.15) is 0 Å². The maximum atomic E-state index is 13.4. The molecule has 0 radical (unpaired) electrons. The summed E-state index contributed by atoms with van der Waals surface area (Å²) >= 11 is 0. The third kappa shape index (κ3) is 4.00. The molecule has 110 valence electrons. The Morgan fingerprint density at radius 2 is 2.00 bits per heavy atom. The number of nitrogens with one attached hydrogen (secondary N) is 1. The number of rotatable bonds is 5. The Balaban J connectivity index is 1.78. The minimum atomic E-state index is -0.881. The van der Waals surface area contributed by atoms with Crippen LogP contribution in [-0.4, -0.2) is 23.2 Å². The van der Waals surface area contributed by atoms with Gasteiger partial charge in [-0.3, -0.25) is 4.79 Å². The lowest BCUT2D eigenvalue weighted by atomic mass is 9.97. The number of hydrogen-bond acceptors (Lipinski definition) is 2. The Morgan fingerprint density at radius 3 is 2.70 bits per heavy atom. The molecule has 1 aliphatic rings. The average Bonchev–Trinajstić information content (AvgIpc) is 2.80. The zero-order chi connectivity index (χ0) is 14.6. The summed E-state index contributed by atoms with van der Waals surface area (Å²) in [6.07, 6.45) is 3.50. The number of amides is 1. The molecule has 1 saturated carbocycles. The standard InChI is InChI=1S/C15H19F2NO2/c16-12-3-4-13(17)11(9-12)5-8-18-14(19)10-15(20)6-1-2-7-15/h3-4,9,20H,1-2,5-8,10H2,(H,18,19). The Hall–Kier alpha value is -1.49. The van der Waals surface area contributed by atoms with Crippen LogP contribution in [0.4, 0.5) is 8.78 Å². The summed E-state index contributed by atoms with van der Waals surface area (Å²) in [5, 5.41) is 12.7. The first-order chi connectivity index (χ1) is 9.48. The molecule has 1 aromatic rings. The molecule has 0 heterocycles. The van der Waals surface area contributed by atoms with Gasteiger partial charge in [-0.05, 0) is 43.0 Å². The number of halogens is 2. The van der Waals surface area contributed by atoms with Gasteiger partial charge in [-0.15, -0.1) is 0 Å². The topological polar surface area (TPSA) is 49.3 Å². The Bertz CT molecular complexity index is 485. The fourth-order valence-electron chi connectivity index (χ4n) is 2.64. The van der Waals surface area contributed by atoms with Crippen molar-refractivity contribution in [2.45, 2.75) is 44.1 Å². The van der Waals surface area contributed by atoms with Crippen molar-refractivity contribution >= 4 is 5.91 Å². The highest BCUT2D eigenvalue weighted by molar-refractivity contribution is 5.77. The Labute approximate surface area is 117 Å². The minimum absolute atomic E-state index is 0.0820. The third-order valence-electron chi connectivity index (χ3n) is 3.75. The fraction of sp³-hybridized carbons (Fsp3) is 0.533. The fourth-order valence-corrected chi connectivity index (χ4v) is 2.64. The third-order valence-corrected chi connectivity index (χ3v) is 3.75. The van der Waals surface area contributed by atoms with Gasteiger partial charge in [-0.1, -0.05) is 12.8 Å². The summed E-state index contributed by atoms with van der Waals surface area (Å²) in [5.74, 6) is -1.21. The van der Waals surface area contributed by atoms with Crippen molar-refractivity contribution < 1.29 is 18.7 Å². The lowest BCUT2D eigenvalue weighted by molar-refractivity contribution is -0.125. The van der Waals surface area contributed by atoms with Crippen molar-refractivity contribution in [1.82, 2.24) is 5.32 Å². The highest BCUT2D eigenvalue weighted by atomic mass is 19.1. The van der Waals surface area contributed by atoms with Gasteiger partial charge < -0.3 is 10.4 Å². The number of benzene rings is 1. The first-order valence-corrected chi connectivity index (χ1v) is 6.92. The van der Waals surface area contributed by atoms with E-state index in [2.05, 4.69) is 5.32 Å².